The Morgan fingerprint density at radius 2 is 1.86 bits per heavy atom. The van der Waals surface area contributed by atoms with Gasteiger partial charge in [-0.15, -0.1) is 0 Å². The van der Waals surface area contributed by atoms with Gasteiger partial charge in [-0.25, -0.2) is 0 Å². The molecule has 0 aromatic heterocycles. The molecule has 0 bridgehead atoms. The van der Waals surface area contributed by atoms with Gasteiger partial charge in [0.05, 0.1) is 6.42 Å². The average Bonchev–Trinajstić information content (AvgIpc) is 2.75. The molecule has 2 N–H and O–H groups in total. The summed E-state index contributed by atoms with van der Waals surface area (Å²) in [5.41, 5.74) is -3.34. The van der Waals surface area contributed by atoms with Crippen molar-refractivity contribution in [2.45, 2.75) is 45.3 Å². The lowest BCUT2D eigenvalue weighted by Crippen LogP contribution is -2.58. The van der Waals surface area contributed by atoms with Crippen molar-refractivity contribution in [3.05, 3.63) is 0 Å². The van der Waals surface area contributed by atoms with Gasteiger partial charge in [0.15, 0.2) is 5.41 Å². The second kappa shape index (κ2) is 5.82. The number of alkyl halides is 3. The van der Waals surface area contributed by atoms with E-state index in [0.717, 1.165) is 4.90 Å². The SMILES string of the molecule is CC(C)(C)N(CCC(=O)O)C(=O)C1(C(F)(F)F)CCNC1. The lowest BCUT2D eigenvalue weighted by Gasteiger charge is -2.42. The number of aliphatic carboxylic acids is 1. The summed E-state index contributed by atoms with van der Waals surface area (Å²) in [6, 6.07) is 0. The average molecular weight is 310 g/mol. The molecule has 0 aliphatic carbocycles. The third-order valence-corrected chi connectivity index (χ3v) is 3.71. The zero-order valence-electron chi connectivity index (χ0n) is 12.4. The van der Waals surface area contributed by atoms with E-state index in [4.69, 9.17) is 5.11 Å². The molecule has 1 atom stereocenters. The molecule has 1 unspecified atom stereocenters. The minimum atomic E-state index is -4.67. The number of nitrogens with one attached hydrogen (secondary N) is 1. The Kier molecular flexibility index (Phi) is 4.92. The van der Waals surface area contributed by atoms with Gasteiger partial charge < -0.3 is 15.3 Å². The van der Waals surface area contributed by atoms with Crippen molar-refractivity contribution in [1.82, 2.24) is 10.2 Å². The normalized spacial score (nSPS) is 23.1. The predicted molar refractivity (Wildman–Crippen MR) is 69.7 cm³/mol. The smallest absolute Gasteiger partial charge is 0.404 e. The second-order valence-corrected chi connectivity index (χ2v) is 6.28. The lowest BCUT2D eigenvalue weighted by atomic mass is 9.83. The Morgan fingerprint density at radius 1 is 1.29 bits per heavy atom. The van der Waals surface area contributed by atoms with E-state index in [0.29, 0.717) is 0 Å². The van der Waals surface area contributed by atoms with Crippen molar-refractivity contribution in [2.75, 3.05) is 19.6 Å². The zero-order chi connectivity index (χ0) is 16.5. The summed E-state index contributed by atoms with van der Waals surface area (Å²) in [4.78, 5) is 24.3. The minimum absolute atomic E-state index is 0.113. The lowest BCUT2D eigenvalue weighted by molar-refractivity contribution is -0.224. The number of amides is 1. The Morgan fingerprint density at radius 3 is 2.19 bits per heavy atom. The number of halogens is 3. The highest BCUT2D eigenvalue weighted by atomic mass is 19.4. The van der Waals surface area contributed by atoms with E-state index in [1.165, 1.54) is 0 Å². The van der Waals surface area contributed by atoms with Crippen molar-refractivity contribution < 1.29 is 27.9 Å². The first kappa shape index (κ1) is 17.7. The quantitative estimate of drug-likeness (QED) is 0.828. The number of carbonyl (C=O) groups excluding carboxylic acids is 1. The van der Waals surface area contributed by atoms with Crippen LogP contribution < -0.4 is 5.32 Å². The molecule has 0 aromatic carbocycles. The number of nitrogens with zero attached hydrogens (tertiary/aromatic N) is 1. The van der Waals surface area contributed by atoms with Crippen molar-refractivity contribution in [3.8, 4) is 0 Å². The molecule has 1 aliphatic heterocycles. The topological polar surface area (TPSA) is 69.6 Å². The van der Waals surface area contributed by atoms with Gasteiger partial charge in [-0.05, 0) is 33.7 Å². The van der Waals surface area contributed by atoms with Crippen LogP contribution in [0.2, 0.25) is 0 Å². The van der Waals surface area contributed by atoms with Crippen LogP contribution in [0.25, 0.3) is 0 Å². The Labute approximate surface area is 121 Å². The third-order valence-electron chi connectivity index (χ3n) is 3.71. The number of hydrogen-bond acceptors (Lipinski definition) is 3. The van der Waals surface area contributed by atoms with Crippen LogP contribution in [0.1, 0.15) is 33.6 Å². The van der Waals surface area contributed by atoms with Gasteiger partial charge in [0.25, 0.3) is 0 Å². The van der Waals surface area contributed by atoms with E-state index in [9.17, 15) is 22.8 Å². The van der Waals surface area contributed by atoms with E-state index in [2.05, 4.69) is 5.32 Å². The van der Waals surface area contributed by atoms with Crippen molar-refractivity contribution in [2.24, 2.45) is 5.41 Å². The molecule has 5 nitrogen and oxygen atoms in total. The van der Waals surface area contributed by atoms with Gasteiger partial charge >= 0.3 is 12.1 Å². The Balaban J connectivity index is 3.11. The molecular formula is C13H21F3N2O3. The van der Waals surface area contributed by atoms with Crippen LogP contribution in [-0.4, -0.2) is 53.2 Å². The molecule has 1 fully saturated rings. The summed E-state index contributed by atoms with van der Waals surface area (Å²) < 4.78 is 40.2. The van der Waals surface area contributed by atoms with Gasteiger partial charge in [0.2, 0.25) is 5.91 Å². The van der Waals surface area contributed by atoms with Gasteiger partial charge in [0, 0.05) is 18.6 Å². The van der Waals surface area contributed by atoms with Crippen LogP contribution in [0, 0.1) is 5.41 Å². The van der Waals surface area contributed by atoms with Crippen molar-refractivity contribution >= 4 is 11.9 Å². The van der Waals surface area contributed by atoms with E-state index in [1.807, 2.05) is 0 Å². The maximum atomic E-state index is 13.4. The van der Waals surface area contributed by atoms with Gasteiger partial charge in [-0.1, -0.05) is 0 Å². The highest BCUT2D eigenvalue weighted by molar-refractivity contribution is 5.85. The molecule has 1 heterocycles. The molecule has 122 valence electrons. The first-order valence-electron chi connectivity index (χ1n) is 6.73. The fourth-order valence-corrected chi connectivity index (χ4v) is 2.45. The van der Waals surface area contributed by atoms with Crippen LogP contribution >= 0.6 is 0 Å². The zero-order valence-corrected chi connectivity index (χ0v) is 12.4. The highest BCUT2D eigenvalue weighted by Crippen LogP contribution is 2.45. The number of carboxylic acid groups (broad SMARTS) is 1. The molecule has 1 rings (SSSR count). The molecule has 8 heteroatoms. The minimum Gasteiger partial charge on any atom is -0.481 e. The summed E-state index contributed by atoms with van der Waals surface area (Å²) in [7, 11) is 0. The van der Waals surface area contributed by atoms with E-state index < -0.39 is 35.6 Å². The van der Waals surface area contributed by atoms with E-state index in [-0.39, 0.29) is 25.9 Å². The van der Waals surface area contributed by atoms with Crippen LogP contribution in [0.4, 0.5) is 13.2 Å². The fraction of sp³-hybridized carbons (Fsp3) is 0.846. The molecule has 0 saturated carbocycles. The number of carboxylic acids is 1. The fourth-order valence-electron chi connectivity index (χ4n) is 2.45. The van der Waals surface area contributed by atoms with Crippen molar-refractivity contribution in [1.29, 1.82) is 0 Å². The summed E-state index contributed by atoms with van der Waals surface area (Å²) >= 11 is 0. The first-order chi connectivity index (χ1) is 9.42. The molecule has 1 aliphatic rings. The molecule has 0 aromatic rings. The standard InChI is InChI=1S/C13H21F3N2O3/c1-11(2,3)18(7-4-9(19)20)10(21)12(13(14,15)16)5-6-17-8-12/h17H,4-8H2,1-3H3,(H,19,20). The number of hydrogen-bond donors (Lipinski definition) is 2. The first-order valence-corrected chi connectivity index (χ1v) is 6.73. The summed E-state index contributed by atoms with van der Waals surface area (Å²) in [6.45, 7) is 4.20. The van der Waals surface area contributed by atoms with Gasteiger partial charge in [0.1, 0.15) is 0 Å². The maximum Gasteiger partial charge on any atom is 0.404 e. The number of rotatable bonds is 4. The van der Waals surface area contributed by atoms with Gasteiger partial charge in [-0.2, -0.15) is 13.2 Å². The van der Waals surface area contributed by atoms with Gasteiger partial charge in [-0.3, -0.25) is 9.59 Å². The molecule has 1 saturated heterocycles. The highest BCUT2D eigenvalue weighted by Gasteiger charge is 2.63. The molecular weight excluding hydrogens is 289 g/mol. The summed E-state index contributed by atoms with van der Waals surface area (Å²) in [5.74, 6) is -2.20. The monoisotopic (exact) mass is 310 g/mol. The van der Waals surface area contributed by atoms with Crippen LogP contribution in [-0.2, 0) is 9.59 Å². The summed E-state index contributed by atoms with van der Waals surface area (Å²) in [5, 5.41) is 11.3. The van der Waals surface area contributed by atoms with Crippen LogP contribution in [0.15, 0.2) is 0 Å². The third kappa shape index (κ3) is 3.66. The molecule has 0 radical (unpaired) electrons. The number of carbonyl (C=O) groups is 2. The summed E-state index contributed by atoms with van der Waals surface area (Å²) in [6.07, 6.45) is -5.38. The van der Waals surface area contributed by atoms with Crippen LogP contribution in [0.3, 0.4) is 0 Å². The molecule has 21 heavy (non-hydrogen) atoms. The molecule has 1 amide bonds. The second-order valence-electron chi connectivity index (χ2n) is 6.28. The molecule has 0 spiro atoms. The van der Waals surface area contributed by atoms with E-state index in [1.54, 1.807) is 20.8 Å². The Bertz CT molecular complexity index is 410. The maximum absolute atomic E-state index is 13.4. The van der Waals surface area contributed by atoms with E-state index >= 15 is 0 Å². The van der Waals surface area contributed by atoms with Crippen LogP contribution in [0.5, 0.6) is 0 Å². The Hall–Kier alpha value is -1.31. The van der Waals surface area contributed by atoms with Crippen molar-refractivity contribution in [3.63, 3.8) is 0 Å². The largest absolute Gasteiger partial charge is 0.481 e. The predicted octanol–water partition coefficient (Wildman–Crippen LogP) is 1.63.